The molecule has 4 N–H and O–H groups in total. The van der Waals surface area contributed by atoms with Gasteiger partial charge in [0.2, 0.25) is 5.60 Å². The Labute approximate surface area is 293 Å². The molecular weight excluding hydrogens is 627 g/mol. The minimum absolute atomic E-state index is 0.173. The third-order valence-corrected chi connectivity index (χ3v) is 9.59. The molecule has 0 amide bonds. The van der Waals surface area contributed by atoms with Crippen molar-refractivity contribution >= 4 is 19.4 Å². The second kappa shape index (κ2) is 31.8. The van der Waals surface area contributed by atoms with E-state index in [0.717, 1.165) is 64.2 Å². The van der Waals surface area contributed by atoms with Crippen molar-refractivity contribution in [1.82, 2.24) is 0 Å². The summed E-state index contributed by atoms with van der Waals surface area (Å²) in [5.74, 6) is -1.77. The van der Waals surface area contributed by atoms with Crippen LogP contribution in [0.15, 0.2) is 24.3 Å². The Morgan fingerprint density at radius 3 is 1.15 bits per heavy atom. The molecule has 0 aliphatic heterocycles. The van der Waals surface area contributed by atoms with Crippen LogP contribution in [0, 0.1) is 0 Å². The first-order chi connectivity index (χ1) is 23.2. The number of rotatable bonds is 36. The number of Topliss-reactive ketones (excluding diaryl/α,β-unsaturated/α-hetero) is 2. The molecule has 0 heterocycles. The van der Waals surface area contributed by atoms with E-state index in [2.05, 4.69) is 38.2 Å². The summed E-state index contributed by atoms with van der Waals surface area (Å²) in [5, 5.41) is 20.2. The first-order valence-electron chi connectivity index (χ1n) is 19.6. The fourth-order valence-electron chi connectivity index (χ4n) is 6.09. The highest BCUT2D eigenvalue weighted by Gasteiger charge is 2.55. The van der Waals surface area contributed by atoms with Gasteiger partial charge in [-0.3, -0.25) is 14.1 Å². The Bertz CT molecular complexity index is 829. The predicted molar refractivity (Wildman–Crippen MR) is 198 cm³/mol. The van der Waals surface area contributed by atoms with E-state index in [1.807, 2.05) is 0 Å². The van der Waals surface area contributed by atoms with Crippen LogP contribution in [0.2, 0.25) is 0 Å². The van der Waals surface area contributed by atoms with Crippen LogP contribution in [0.1, 0.15) is 194 Å². The van der Waals surface area contributed by atoms with E-state index < -0.39 is 37.7 Å². The van der Waals surface area contributed by atoms with E-state index in [-0.39, 0.29) is 12.8 Å². The van der Waals surface area contributed by atoms with Crippen LogP contribution in [0.4, 0.5) is 0 Å². The van der Waals surface area contributed by atoms with Crippen molar-refractivity contribution < 1.29 is 38.7 Å². The molecule has 0 aliphatic carbocycles. The summed E-state index contributed by atoms with van der Waals surface area (Å²) < 4.78 is 16.7. The number of carbonyl (C=O) groups excluding carboxylic acids is 2. The molecule has 0 aromatic rings. The van der Waals surface area contributed by atoms with E-state index in [1.165, 1.54) is 77.0 Å². The highest BCUT2D eigenvalue weighted by molar-refractivity contribution is 7.46. The molecule has 0 radical (unpaired) electrons. The number of hydrogen-bond donors (Lipinski definition) is 4. The Morgan fingerprint density at radius 2 is 0.854 bits per heavy atom. The number of aliphatic hydroxyl groups is 2. The number of aliphatic hydroxyl groups excluding tert-OH is 2. The van der Waals surface area contributed by atoms with Crippen LogP contribution in [0.3, 0.4) is 0 Å². The van der Waals surface area contributed by atoms with Crippen molar-refractivity contribution in [1.29, 1.82) is 0 Å². The second-order valence-electron chi connectivity index (χ2n) is 13.5. The molecular formula is C39H73O8P. The summed E-state index contributed by atoms with van der Waals surface area (Å²) in [6, 6.07) is 0. The number of phosphoric ester groups is 1. The molecule has 9 heteroatoms. The van der Waals surface area contributed by atoms with Crippen LogP contribution < -0.4 is 0 Å². The molecule has 8 nitrogen and oxygen atoms in total. The topological polar surface area (TPSA) is 141 Å². The van der Waals surface area contributed by atoms with E-state index in [9.17, 15) is 34.2 Å². The maximum atomic E-state index is 13.3. The average molecular weight is 701 g/mol. The molecule has 0 saturated heterocycles. The van der Waals surface area contributed by atoms with Gasteiger partial charge in [-0.2, -0.15) is 0 Å². The standard InChI is InChI=1S/C39H73O8P/c1-3-5-7-9-11-13-15-17-19-21-23-25-27-29-31-33-36(41)39(38(43)35-40,47-48(44,45)46)37(42)34-32-30-28-26-24-22-20-18-16-14-12-10-8-6-4-2/h17-20,38,40,43H,3-16,21-35H2,1-2H3,(H2,44,45,46)/b19-17-,20-18-/t38-/m0/s1. The third-order valence-electron chi connectivity index (χ3n) is 9.06. The highest BCUT2D eigenvalue weighted by atomic mass is 31.2. The SMILES string of the molecule is CCCCCCCC/C=C\CCCCCCCC(=O)C(OP(=O)(O)O)(C(=O)CCCCCCC/C=C\CCCCCCCC)[C@@H](O)CO. The zero-order valence-corrected chi connectivity index (χ0v) is 31.7. The number of hydrogen-bond acceptors (Lipinski definition) is 6. The quantitative estimate of drug-likeness (QED) is 0.0219. The lowest BCUT2D eigenvalue weighted by atomic mass is 9.82. The Kier molecular flexibility index (Phi) is 31.0. The lowest BCUT2D eigenvalue weighted by Gasteiger charge is -2.34. The van der Waals surface area contributed by atoms with Gasteiger partial charge < -0.3 is 20.0 Å². The summed E-state index contributed by atoms with van der Waals surface area (Å²) in [4.78, 5) is 45.8. The fraction of sp³-hybridized carbons (Fsp3) is 0.846. The van der Waals surface area contributed by atoms with Gasteiger partial charge in [-0.1, -0.05) is 141 Å². The van der Waals surface area contributed by atoms with Gasteiger partial charge >= 0.3 is 7.82 Å². The fourth-order valence-corrected chi connectivity index (χ4v) is 6.79. The van der Waals surface area contributed by atoms with Crippen LogP contribution in [-0.4, -0.2) is 49.9 Å². The molecule has 0 unspecified atom stereocenters. The molecule has 1 atom stereocenters. The van der Waals surface area contributed by atoms with Crippen molar-refractivity contribution in [2.75, 3.05) is 6.61 Å². The zero-order valence-electron chi connectivity index (χ0n) is 30.8. The third kappa shape index (κ3) is 24.9. The average Bonchev–Trinajstić information content (AvgIpc) is 3.06. The monoisotopic (exact) mass is 701 g/mol. The number of carbonyl (C=O) groups is 2. The van der Waals surface area contributed by atoms with E-state index in [4.69, 9.17) is 4.52 Å². The number of allylic oxidation sites excluding steroid dienone is 4. The highest BCUT2D eigenvalue weighted by Crippen LogP contribution is 2.44. The molecule has 0 spiro atoms. The van der Waals surface area contributed by atoms with Gasteiger partial charge in [0.15, 0.2) is 11.6 Å². The first kappa shape index (κ1) is 46.9. The summed E-state index contributed by atoms with van der Waals surface area (Å²) in [5.41, 5.74) is -2.77. The van der Waals surface area contributed by atoms with Crippen LogP contribution in [0.5, 0.6) is 0 Å². The number of phosphoric acid groups is 1. The Balaban J connectivity index is 4.52. The van der Waals surface area contributed by atoms with Crippen molar-refractivity contribution in [3.63, 3.8) is 0 Å². The van der Waals surface area contributed by atoms with Gasteiger partial charge in [0.1, 0.15) is 6.10 Å². The molecule has 0 saturated carbocycles. The molecule has 48 heavy (non-hydrogen) atoms. The van der Waals surface area contributed by atoms with E-state index in [1.54, 1.807) is 0 Å². The lowest BCUT2D eigenvalue weighted by Crippen LogP contribution is -2.58. The van der Waals surface area contributed by atoms with Gasteiger partial charge in [-0.15, -0.1) is 0 Å². The summed E-state index contributed by atoms with van der Waals surface area (Å²) in [6.07, 6.45) is 34.5. The molecule has 282 valence electrons. The van der Waals surface area contributed by atoms with Crippen LogP contribution >= 0.6 is 7.82 Å². The second-order valence-corrected chi connectivity index (χ2v) is 14.7. The van der Waals surface area contributed by atoms with E-state index in [0.29, 0.717) is 25.7 Å². The smallest absolute Gasteiger partial charge is 0.394 e. The first-order valence-corrected chi connectivity index (χ1v) is 21.1. The van der Waals surface area contributed by atoms with E-state index >= 15 is 0 Å². The maximum Gasteiger partial charge on any atom is 0.471 e. The largest absolute Gasteiger partial charge is 0.471 e. The minimum Gasteiger partial charge on any atom is -0.394 e. The lowest BCUT2D eigenvalue weighted by molar-refractivity contribution is -0.164. The molecule has 0 aromatic carbocycles. The van der Waals surface area contributed by atoms with Crippen molar-refractivity contribution in [3.05, 3.63) is 24.3 Å². The molecule has 0 aromatic heterocycles. The summed E-state index contributed by atoms with van der Waals surface area (Å²) >= 11 is 0. The molecule has 0 aliphatic rings. The van der Waals surface area contributed by atoms with Crippen LogP contribution in [0.25, 0.3) is 0 Å². The van der Waals surface area contributed by atoms with Gasteiger partial charge in [0.05, 0.1) is 6.61 Å². The number of ketones is 2. The Morgan fingerprint density at radius 1 is 0.562 bits per heavy atom. The summed E-state index contributed by atoms with van der Waals surface area (Å²) in [6.45, 7) is 3.43. The molecule has 0 bridgehead atoms. The molecule has 0 rings (SSSR count). The molecule has 0 fully saturated rings. The van der Waals surface area contributed by atoms with Gasteiger partial charge in [-0.05, 0) is 64.2 Å². The van der Waals surface area contributed by atoms with Crippen molar-refractivity contribution in [2.45, 2.75) is 205 Å². The number of unbranched alkanes of at least 4 members (excludes halogenated alkanes) is 22. The minimum atomic E-state index is -5.34. The van der Waals surface area contributed by atoms with Gasteiger partial charge in [0.25, 0.3) is 0 Å². The Hall–Kier alpha value is -1.15. The van der Waals surface area contributed by atoms with Crippen LogP contribution in [-0.2, 0) is 18.7 Å². The zero-order chi connectivity index (χ0) is 35.8. The normalized spacial score (nSPS) is 13.2. The van der Waals surface area contributed by atoms with Gasteiger partial charge in [-0.25, -0.2) is 4.57 Å². The predicted octanol–water partition coefficient (Wildman–Crippen LogP) is 10.4. The van der Waals surface area contributed by atoms with Gasteiger partial charge in [0, 0.05) is 12.8 Å². The summed E-state index contributed by atoms with van der Waals surface area (Å²) in [7, 11) is -5.34. The van der Waals surface area contributed by atoms with Crippen molar-refractivity contribution in [3.8, 4) is 0 Å². The van der Waals surface area contributed by atoms with Crippen molar-refractivity contribution in [2.24, 2.45) is 0 Å². The maximum absolute atomic E-state index is 13.3.